The molecule has 0 aliphatic carbocycles. The van der Waals surface area contributed by atoms with E-state index in [-0.39, 0.29) is 11.4 Å². The summed E-state index contributed by atoms with van der Waals surface area (Å²) in [5, 5.41) is 4.19. The van der Waals surface area contributed by atoms with Crippen molar-refractivity contribution < 1.29 is 13.2 Å². The van der Waals surface area contributed by atoms with Crippen LogP contribution in [0.5, 0.6) is 5.75 Å². The predicted octanol–water partition coefficient (Wildman–Crippen LogP) is 2.98. The van der Waals surface area contributed by atoms with Gasteiger partial charge in [0.2, 0.25) is 10.0 Å². The Hall–Kier alpha value is -2.64. The molecule has 136 valence electrons. The van der Waals surface area contributed by atoms with E-state index in [9.17, 15) is 8.42 Å². The van der Waals surface area contributed by atoms with Crippen LogP contribution >= 0.6 is 0 Å². The van der Waals surface area contributed by atoms with Crippen LogP contribution < -0.4 is 9.46 Å². The van der Waals surface area contributed by atoms with Crippen LogP contribution in [0.2, 0.25) is 0 Å². The summed E-state index contributed by atoms with van der Waals surface area (Å²) in [5.41, 5.74) is 3.15. The number of methoxy groups -OCH3 is 1. The van der Waals surface area contributed by atoms with Crippen molar-refractivity contribution in [2.24, 2.45) is 0 Å². The van der Waals surface area contributed by atoms with Crippen LogP contribution in [0, 0.1) is 13.8 Å². The molecule has 0 aliphatic heterocycles. The van der Waals surface area contributed by atoms with E-state index in [4.69, 9.17) is 4.74 Å². The van der Waals surface area contributed by atoms with Gasteiger partial charge in [-0.15, -0.1) is 0 Å². The quantitative estimate of drug-likeness (QED) is 0.723. The van der Waals surface area contributed by atoms with Crippen molar-refractivity contribution >= 4 is 10.0 Å². The van der Waals surface area contributed by atoms with Crippen LogP contribution in [-0.2, 0) is 16.6 Å². The molecular formula is C19H21N3O3S. The summed E-state index contributed by atoms with van der Waals surface area (Å²) in [6.45, 7) is 3.78. The van der Waals surface area contributed by atoms with Gasteiger partial charge in [0.05, 0.1) is 17.7 Å². The molecule has 1 heterocycles. The average Bonchev–Trinajstić information content (AvgIpc) is 3.16. The van der Waals surface area contributed by atoms with Gasteiger partial charge < -0.3 is 4.74 Å². The molecule has 0 saturated carbocycles. The third-order valence-electron chi connectivity index (χ3n) is 4.13. The molecule has 0 bridgehead atoms. The molecule has 1 aromatic heterocycles. The zero-order chi connectivity index (χ0) is 18.7. The Morgan fingerprint density at radius 1 is 1.12 bits per heavy atom. The first-order chi connectivity index (χ1) is 12.4. The average molecular weight is 371 g/mol. The number of nitrogens with one attached hydrogen (secondary N) is 1. The molecule has 1 N–H and O–H groups in total. The van der Waals surface area contributed by atoms with E-state index < -0.39 is 10.0 Å². The first-order valence-corrected chi connectivity index (χ1v) is 9.63. The smallest absolute Gasteiger partial charge is 0.241 e. The monoisotopic (exact) mass is 371 g/mol. The van der Waals surface area contributed by atoms with Gasteiger partial charge in [0.25, 0.3) is 0 Å². The van der Waals surface area contributed by atoms with Crippen molar-refractivity contribution in [3.05, 3.63) is 71.5 Å². The van der Waals surface area contributed by atoms with Crippen molar-refractivity contribution in [3.63, 3.8) is 0 Å². The Morgan fingerprint density at radius 2 is 1.92 bits per heavy atom. The zero-order valence-corrected chi connectivity index (χ0v) is 15.7. The van der Waals surface area contributed by atoms with Gasteiger partial charge in [0, 0.05) is 18.9 Å². The fraction of sp³-hybridized carbons (Fsp3) is 0.211. The minimum Gasteiger partial charge on any atom is -0.496 e. The van der Waals surface area contributed by atoms with Gasteiger partial charge in [-0.3, -0.25) is 0 Å². The number of hydrogen-bond acceptors (Lipinski definition) is 4. The van der Waals surface area contributed by atoms with Crippen LogP contribution in [0.4, 0.5) is 0 Å². The second-order valence-corrected chi connectivity index (χ2v) is 7.77. The normalized spacial score (nSPS) is 11.5. The van der Waals surface area contributed by atoms with Crippen molar-refractivity contribution in [3.8, 4) is 11.4 Å². The Bertz CT molecular complexity index is 1010. The lowest BCUT2D eigenvalue weighted by Crippen LogP contribution is -2.24. The number of sulfonamides is 1. The number of benzene rings is 2. The summed E-state index contributed by atoms with van der Waals surface area (Å²) in [4.78, 5) is 0.263. The second kappa shape index (κ2) is 7.31. The number of nitrogens with zero attached hydrogens (tertiary/aromatic N) is 2. The summed E-state index contributed by atoms with van der Waals surface area (Å²) in [6, 6.07) is 12.8. The number of ether oxygens (including phenoxy) is 1. The first-order valence-electron chi connectivity index (χ1n) is 8.14. The SMILES string of the molecule is COc1cc(C)c(S(=O)(=O)NCc2cccc(-n3cccn3)c2)cc1C. The van der Waals surface area contributed by atoms with Crippen molar-refractivity contribution in [2.45, 2.75) is 25.3 Å². The van der Waals surface area contributed by atoms with Gasteiger partial charge in [-0.2, -0.15) is 5.10 Å². The molecule has 0 unspecified atom stereocenters. The third kappa shape index (κ3) is 3.79. The Balaban J connectivity index is 1.81. The highest BCUT2D eigenvalue weighted by molar-refractivity contribution is 7.89. The fourth-order valence-corrected chi connectivity index (χ4v) is 4.09. The molecule has 0 amide bonds. The molecule has 0 fully saturated rings. The van der Waals surface area contributed by atoms with Gasteiger partial charge in [-0.1, -0.05) is 12.1 Å². The topological polar surface area (TPSA) is 73.2 Å². The number of hydrogen-bond donors (Lipinski definition) is 1. The molecule has 7 heteroatoms. The molecule has 3 aromatic rings. The van der Waals surface area contributed by atoms with Gasteiger partial charge in [0.15, 0.2) is 0 Å². The van der Waals surface area contributed by atoms with Crippen molar-refractivity contribution in [2.75, 3.05) is 7.11 Å². The number of aromatic nitrogens is 2. The molecule has 26 heavy (non-hydrogen) atoms. The molecule has 6 nitrogen and oxygen atoms in total. The summed E-state index contributed by atoms with van der Waals surface area (Å²) in [5.74, 6) is 0.674. The largest absolute Gasteiger partial charge is 0.496 e. The van der Waals surface area contributed by atoms with Crippen LogP contribution in [0.1, 0.15) is 16.7 Å². The number of rotatable bonds is 6. The molecule has 3 rings (SSSR count). The minimum atomic E-state index is -3.63. The van der Waals surface area contributed by atoms with E-state index in [1.54, 1.807) is 37.0 Å². The van der Waals surface area contributed by atoms with E-state index in [0.29, 0.717) is 11.3 Å². The van der Waals surface area contributed by atoms with Crippen molar-refractivity contribution in [1.82, 2.24) is 14.5 Å². The second-order valence-electron chi connectivity index (χ2n) is 6.03. The van der Waals surface area contributed by atoms with Gasteiger partial charge in [0.1, 0.15) is 5.75 Å². The lowest BCUT2D eigenvalue weighted by Gasteiger charge is -2.13. The Labute approximate surface area is 153 Å². The summed E-state index contributed by atoms with van der Waals surface area (Å²) < 4.78 is 35.1. The molecular weight excluding hydrogens is 350 g/mol. The van der Waals surface area contributed by atoms with Gasteiger partial charge in [-0.05, 0) is 60.9 Å². The fourth-order valence-electron chi connectivity index (χ4n) is 2.76. The minimum absolute atomic E-state index is 0.196. The van der Waals surface area contributed by atoms with Crippen LogP contribution in [0.3, 0.4) is 0 Å². The van der Waals surface area contributed by atoms with Crippen LogP contribution in [-0.4, -0.2) is 25.3 Å². The Kier molecular flexibility index (Phi) is 5.11. The molecule has 0 spiro atoms. The zero-order valence-electron chi connectivity index (χ0n) is 14.9. The molecule has 0 atom stereocenters. The van der Waals surface area contributed by atoms with Crippen LogP contribution in [0.25, 0.3) is 5.69 Å². The lowest BCUT2D eigenvalue weighted by molar-refractivity contribution is 0.411. The first kappa shape index (κ1) is 18.2. The lowest BCUT2D eigenvalue weighted by atomic mass is 10.1. The highest BCUT2D eigenvalue weighted by Gasteiger charge is 2.18. The molecule has 0 aliphatic rings. The predicted molar refractivity (Wildman–Crippen MR) is 100 cm³/mol. The third-order valence-corrected chi connectivity index (χ3v) is 5.67. The standard InChI is InChI=1S/C19H21N3O3S/c1-14-11-19(15(2)10-18(14)25-3)26(23,24)21-13-16-6-4-7-17(12-16)22-9-5-8-20-22/h4-12,21H,13H2,1-3H3. The number of aryl methyl sites for hydroxylation is 2. The maximum Gasteiger partial charge on any atom is 0.241 e. The molecule has 0 saturated heterocycles. The summed E-state index contributed by atoms with van der Waals surface area (Å²) in [6.07, 6.45) is 3.54. The van der Waals surface area contributed by atoms with E-state index in [1.165, 1.54) is 0 Å². The van der Waals surface area contributed by atoms with E-state index >= 15 is 0 Å². The Morgan fingerprint density at radius 3 is 2.62 bits per heavy atom. The van der Waals surface area contributed by atoms with Gasteiger partial charge in [-0.25, -0.2) is 17.8 Å². The maximum atomic E-state index is 12.7. The summed E-state index contributed by atoms with van der Waals surface area (Å²) >= 11 is 0. The molecule has 2 aromatic carbocycles. The van der Waals surface area contributed by atoms with E-state index in [2.05, 4.69) is 9.82 Å². The highest BCUT2D eigenvalue weighted by atomic mass is 32.2. The van der Waals surface area contributed by atoms with Crippen molar-refractivity contribution in [1.29, 1.82) is 0 Å². The molecule has 0 radical (unpaired) electrons. The maximum absolute atomic E-state index is 12.7. The summed E-state index contributed by atoms with van der Waals surface area (Å²) in [7, 11) is -2.06. The van der Waals surface area contributed by atoms with Gasteiger partial charge >= 0.3 is 0 Å². The highest BCUT2D eigenvalue weighted by Crippen LogP contribution is 2.25. The van der Waals surface area contributed by atoms with E-state index in [1.807, 2.05) is 43.5 Å². The van der Waals surface area contributed by atoms with Crippen LogP contribution in [0.15, 0.2) is 59.8 Å². The van der Waals surface area contributed by atoms with E-state index in [0.717, 1.165) is 16.8 Å².